The van der Waals surface area contributed by atoms with E-state index in [2.05, 4.69) is 40.8 Å². The lowest BCUT2D eigenvalue weighted by molar-refractivity contribution is 0.987. The molecule has 0 radical (unpaired) electrons. The van der Waals surface area contributed by atoms with E-state index in [0.717, 1.165) is 16.8 Å². The van der Waals surface area contributed by atoms with Crippen molar-refractivity contribution in [2.45, 2.75) is 13.5 Å². The number of halogens is 1. The van der Waals surface area contributed by atoms with Gasteiger partial charge in [-0.05, 0) is 54.5 Å². The number of allylic oxidation sites excluding steroid dienone is 1. The maximum Gasteiger partial charge on any atom is 0.233 e. The van der Waals surface area contributed by atoms with Crippen molar-refractivity contribution in [3.63, 3.8) is 0 Å². The maximum absolute atomic E-state index is 6.08. The van der Waals surface area contributed by atoms with Crippen molar-refractivity contribution < 1.29 is 0 Å². The first-order chi connectivity index (χ1) is 15.7. The molecule has 32 heavy (non-hydrogen) atoms. The van der Waals surface area contributed by atoms with Gasteiger partial charge in [0, 0.05) is 30.0 Å². The zero-order chi connectivity index (χ0) is 22.2. The van der Waals surface area contributed by atoms with Crippen molar-refractivity contribution >= 4 is 47.5 Å². The van der Waals surface area contributed by atoms with Gasteiger partial charge >= 0.3 is 0 Å². The van der Waals surface area contributed by atoms with Gasteiger partial charge in [-0.25, -0.2) is 0 Å². The summed E-state index contributed by atoms with van der Waals surface area (Å²) in [6, 6.07) is 13.3. The summed E-state index contributed by atoms with van der Waals surface area (Å²) in [7, 11) is 0. The second-order valence-corrected chi connectivity index (χ2v) is 7.21. The van der Waals surface area contributed by atoms with Gasteiger partial charge in [-0.15, -0.1) is 0 Å². The number of nitrogens with one attached hydrogen (secondary N) is 3. The van der Waals surface area contributed by atoms with Gasteiger partial charge in [-0.2, -0.15) is 20.1 Å². The molecule has 3 N–H and O–H groups in total. The number of nitrogens with zero attached hydrogens (tertiary/aromatic N) is 5. The number of aromatic amines is 1. The Morgan fingerprint density at radius 2 is 1.81 bits per heavy atom. The molecule has 0 spiro atoms. The number of hydrogen-bond donors (Lipinski definition) is 3. The molecule has 4 aromatic rings. The van der Waals surface area contributed by atoms with Gasteiger partial charge in [-0.3, -0.25) is 10.1 Å². The lowest BCUT2D eigenvalue weighted by atomic mass is 10.2. The van der Waals surface area contributed by atoms with Gasteiger partial charge in [0.2, 0.25) is 11.9 Å². The fourth-order valence-electron chi connectivity index (χ4n) is 2.84. The summed E-state index contributed by atoms with van der Waals surface area (Å²) in [4.78, 5) is 17.5. The molecular weight excluding hydrogens is 424 g/mol. The Morgan fingerprint density at radius 1 is 0.969 bits per heavy atom. The Morgan fingerprint density at radius 3 is 2.62 bits per heavy atom. The molecule has 9 heteroatoms. The molecule has 0 saturated carbocycles. The Bertz CT molecular complexity index is 1230. The minimum atomic E-state index is 0.376. The van der Waals surface area contributed by atoms with E-state index in [1.165, 1.54) is 0 Å². The van der Waals surface area contributed by atoms with Crippen LogP contribution in [-0.4, -0.2) is 30.1 Å². The smallest absolute Gasteiger partial charge is 0.233 e. The Labute approximate surface area is 190 Å². The third-order valence-electron chi connectivity index (χ3n) is 4.31. The van der Waals surface area contributed by atoms with E-state index in [1.54, 1.807) is 12.4 Å². The first-order valence-corrected chi connectivity index (χ1v) is 10.3. The number of pyridine rings is 1. The predicted molar refractivity (Wildman–Crippen MR) is 128 cm³/mol. The van der Waals surface area contributed by atoms with Crippen LogP contribution in [0.15, 0.2) is 60.9 Å². The quantitative estimate of drug-likeness (QED) is 0.343. The summed E-state index contributed by atoms with van der Waals surface area (Å²) in [6.45, 7) is 2.50. The fourth-order valence-corrected chi connectivity index (χ4v) is 3.04. The van der Waals surface area contributed by atoms with Gasteiger partial charge in [-0.1, -0.05) is 35.9 Å². The molecule has 0 atom stereocenters. The molecule has 0 fully saturated rings. The summed E-state index contributed by atoms with van der Waals surface area (Å²) < 4.78 is 0. The normalized spacial score (nSPS) is 11.3. The fraction of sp³-hybridized carbons (Fsp3) is 0.0870. The lowest BCUT2D eigenvalue weighted by Gasteiger charge is -2.08. The van der Waals surface area contributed by atoms with Crippen LogP contribution in [0, 0.1) is 0 Å². The monoisotopic (exact) mass is 444 g/mol. The third-order valence-corrected chi connectivity index (χ3v) is 4.55. The average Bonchev–Trinajstić information content (AvgIpc) is 3.24. The first kappa shape index (κ1) is 21.2. The number of H-pyrrole nitrogens is 1. The minimum absolute atomic E-state index is 0.376. The number of hydrogen-bond acceptors (Lipinski definition) is 7. The summed E-state index contributed by atoms with van der Waals surface area (Å²) in [5.41, 5.74) is 2.89. The number of aromatic nitrogens is 6. The molecule has 0 aliphatic heterocycles. The van der Waals surface area contributed by atoms with Crippen molar-refractivity contribution in [2.75, 3.05) is 10.6 Å². The van der Waals surface area contributed by atoms with Crippen LogP contribution < -0.4 is 10.6 Å². The van der Waals surface area contributed by atoms with Crippen LogP contribution in [-0.2, 0) is 6.54 Å². The highest BCUT2D eigenvalue weighted by Crippen LogP contribution is 2.17. The van der Waals surface area contributed by atoms with Crippen LogP contribution in [0.25, 0.3) is 18.2 Å². The zero-order valence-corrected chi connectivity index (χ0v) is 18.1. The molecule has 160 valence electrons. The molecular formula is C23H21ClN8. The molecule has 1 aromatic carbocycles. The largest absolute Gasteiger partial charge is 0.350 e. The molecule has 0 saturated heterocycles. The molecule has 0 bridgehead atoms. The van der Waals surface area contributed by atoms with E-state index >= 15 is 0 Å². The highest BCUT2D eigenvalue weighted by Gasteiger charge is 2.08. The molecule has 3 heterocycles. The van der Waals surface area contributed by atoms with Crippen molar-refractivity contribution in [3.8, 4) is 0 Å². The van der Waals surface area contributed by atoms with E-state index in [4.69, 9.17) is 11.6 Å². The molecule has 0 amide bonds. The van der Waals surface area contributed by atoms with Crippen LogP contribution in [0.2, 0.25) is 5.02 Å². The first-order valence-electron chi connectivity index (χ1n) is 9.95. The van der Waals surface area contributed by atoms with E-state index in [1.807, 2.05) is 73.7 Å². The van der Waals surface area contributed by atoms with E-state index < -0.39 is 0 Å². The number of rotatable bonds is 8. The molecule has 4 rings (SSSR count). The van der Waals surface area contributed by atoms with Gasteiger partial charge in [0.05, 0.1) is 5.69 Å². The number of benzene rings is 1. The summed E-state index contributed by atoms with van der Waals surface area (Å²) in [6.07, 6.45) is 11.1. The zero-order valence-electron chi connectivity index (χ0n) is 17.3. The van der Waals surface area contributed by atoms with Crippen LogP contribution in [0.1, 0.15) is 29.6 Å². The average molecular weight is 445 g/mol. The topological polar surface area (TPSA) is 104 Å². The standard InChI is InChI=1S/C23H21ClN8/c1-2-4-19-14-21(32-31-19)29-23-28-20(8-7-16-5-3-6-18(24)13-16)27-22(30-23)26-15-17-9-11-25-12-10-17/h2-14H,15H2,1H3,(H3,26,27,28,29,30,31,32)/b4-2+,8-7+. The third kappa shape index (κ3) is 5.99. The van der Waals surface area contributed by atoms with Crippen LogP contribution in [0.4, 0.5) is 17.7 Å². The van der Waals surface area contributed by atoms with Gasteiger partial charge in [0.15, 0.2) is 11.6 Å². The van der Waals surface area contributed by atoms with Crippen LogP contribution in [0.3, 0.4) is 0 Å². The molecule has 0 unspecified atom stereocenters. The molecule has 8 nitrogen and oxygen atoms in total. The molecule has 3 aromatic heterocycles. The summed E-state index contributed by atoms with van der Waals surface area (Å²) >= 11 is 6.08. The van der Waals surface area contributed by atoms with Crippen LogP contribution in [0.5, 0.6) is 0 Å². The Kier molecular flexibility index (Phi) is 6.84. The molecule has 0 aliphatic rings. The highest BCUT2D eigenvalue weighted by molar-refractivity contribution is 6.30. The lowest BCUT2D eigenvalue weighted by Crippen LogP contribution is -2.08. The maximum atomic E-state index is 6.08. The number of anilines is 3. The van der Waals surface area contributed by atoms with Crippen molar-refractivity contribution in [3.05, 3.63) is 88.6 Å². The van der Waals surface area contributed by atoms with Gasteiger partial charge < -0.3 is 10.6 Å². The second-order valence-electron chi connectivity index (χ2n) is 6.77. The predicted octanol–water partition coefficient (Wildman–Crippen LogP) is 5.20. The van der Waals surface area contributed by atoms with Crippen molar-refractivity contribution in [2.24, 2.45) is 0 Å². The minimum Gasteiger partial charge on any atom is -0.350 e. The SMILES string of the molecule is C/C=C/c1cc(Nc2nc(/C=C/c3cccc(Cl)c3)nc(NCc3ccncc3)n2)n[nH]1. The Balaban J connectivity index is 1.59. The highest BCUT2D eigenvalue weighted by atomic mass is 35.5. The van der Waals surface area contributed by atoms with E-state index in [-0.39, 0.29) is 0 Å². The van der Waals surface area contributed by atoms with Gasteiger partial charge in [0.25, 0.3) is 0 Å². The van der Waals surface area contributed by atoms with E-state index in [9.17, 15) is 0 Å². The van der Waals surface area contributed by atoms with Gasteiger partial charge in [0.1, 0.15) is 0 Å². The van der Waals surface area contributed by atoms with Crippen molar-refractivity contribution in [1.29, 1.82) is 0 Å². The summed E-state index contributed by atoms with van der Waals surface area (Å²) in [5.74, 6) is 1.91. The summed E-state index contributed by atoms with van der Waals surface area (Å²) in [5, 5.41) is 14.2. The second kappa shape index (κ2) is 10.3. The van der Waals surface area contributed by atoms with Crippen LogP contribution >= 0.6 is 11.6 Å². The van der Waals surface area contributed by atoms with E-state index in [0.29, 0.717) is 35.1 Å². The Hall–Kier alpha value is -4.04. The molecule has 0 aliphatic carbocycles. The van der Waals surface area contributed by atoms with Crippen molar-refractivity contribution in [1.82, 2.24) is 30.1 Å².